The Balaban J connectivity index is 2.07. The summed E-state index contributed by atoms with van der Waals surface area (Å²) < 4.78 is 14.2. The van der Waals surface area contributed by atoms with Crippen molar-refractivity contribution >= 4 is 33.6 Å². The van der Waals surface area contributed by atoms with Gasteiger partial charge in [0.1, 0.15) is 0 Å². The summed E-state index contributed by atoms with van der Waals surface area (Å²) in [5.41, 5.74) is 8.33. The van der Waals surface area contributed by atoms with Crippen LogP contribution >= 0.6 is 11.3 Å². The van der Waals surface area contributed by atoms with E-state index in [4.69, 9.17) is 5.73 Å². The third kappa shape index (κ3) is 2.20. The first kappa shape index (κ1) is 12.9. The van der Waals surface area contributed by atoms with Gasteiger partial charge < -0.3 is 11.1 Å². The van der Waals surface area contributed by atoms with Gasteiger partial charge in [-0.05, 0) is 47.5 Å². The normalized spacial score (nSPS) is 12.5. The van der Waals surface area contributed by atoms with Crippen LogP contribution in [0.1, 0.15) is 18.5 Å². The molecular formula is C15H14FN3S. The van der Waals surface area contributed by atoms with Gasteiger partial charge >= 0.3 is 0 Å². The Kier molecular flexibility index (Phi) is 3.28. The van der Waals surface area contributed by atoms with Crippen molar-refractivity contribution in [3.05, 3.63) is 52.6 Å². The number of pyridine rings is 1. The molecule has 2 aromatic heterocycles. The van der Waals surface area contributed by atoms with Gasteiger partial charge in [-0.1, -0.05) is 0 Å². The van der Waals surface area contributed by atoms with Crippen LogP contribution in [0.15, 0.2) is 41.2 Å². The monoisotopic (exact) mass is 287 g/mol. The van der Waals surface area contributed by atoms with Crippen molar-refractivity contribution in [2.75, 3.05) is 11.1 Å². The maximum atomic E-state index is 14.2. The Bertz CT molecular complexity index is 740. The fraction of sp³-hybridized carbons (Fsp3) is 0.133. The third-order valence-electron chi connectivity index (χ3n) is 3.28. The number of nitrogens with two attached hydrogens (primary N) is 1. The summed E-state index contributed by atoms with van der Waals surface area (Å²) >= 11 is 1.62. The Hall–Kier alpha value is -2.14. The van der Waals surface area contributed by atoms with Gasteiger partial charge in [0.25, 0.3) is 0 Å². The molecule has 0 aliphatic rings. The average Bonchev–Trinajstić information content (AvgIpc) is 2.97. The van der Waals surface area contributed by atoms with E-state index in [1.165, 1.54) is 6.07 Å². The van der Waals surface area contributed by atoms with Crippen molar-refractivity contribution < 1.29 is 4.39 Å². The standard InChI is InChI=1S/C15H14FN3S/c1-9(10-4-6-20-8-10)19-15-12(16)7-13(17)11-3-2-5-18-14(11)15/h2-9,19H,17H2,1H3. The molecule has 3 nitrogen and oxygen atoms in total. The number of hydrogen-bond acceptors (Lipinski definition) is 4. The van der Waals surface area contributed by atoms with E-state index in [0.717, 1.165) is 10.9 Å². The van der Waals surface area contributed by atoms with Crippen molar-refractivity contribution in [2.45, 2.75) is 13.0 Å². The van der Waals surface area contributed by atoms with Gasteiger partial charge in [0.05, 0.1) is 11.2 Å². The molecule has 0 radical (unpaired) electrons. The van der Waals surface area contributed by atoms with Gasteiger partial charge in [-0.2, -0.15) is 11.3 Å². The topological polar surface area (TPSA) is 50.9 Å². The van der Waals surface area contributed by atoms with Crippen LogP contribution in [0, 0.1) is 5.82 Å². The number of rotatable bonds is 3. The summed E-state index contributed by atoms with van der Waals surface area (Å²) in [5, 5.41) is 8.00. The van der Waals surface area contributed by atoms with E-state index in [-0.39, 0.29) is 11.9 Å². The zero-order chi connectivity index (χ0) is 14.1. The first-order valence-electron chi connectivity index (χ1n) is 6.28. The van der Waals surface area contributed by atoms with E-state index in [1.807, 2.05) is 29.8 Å². The summed E-state index contributed by atoms with van der Waals surface area (Å²) in [5.74, 6) is -0.379. The zero-order valence-corrected chi connectivity index (χ0v) is 11.7. The summed E-state index contributed by atoms with van der Waals surface area (Å²) in [6.07, 6.45) is 1.64. The number of benzene rings is 1. The summed E-state index contributed by atoms with van der Waals surface area (Å²) in [4.78, 5) is 4.26. The number of thiophene rings is 1. The van der Waals surface area contributed by atoms with Gasteiger partial charge in [0, 0.05) is 23.3 Å². The lowest BCUT2D eigenvalue weighted by Crippen LogP contribution is -2.08. The molecule has 3 N–H and O–H groups in total. The number of nitrogens with one attached hydrogen (secondary N) is 1. The van der Waals surface area contributed by atoms with Gasteiger partial charge in [-0.15, -0.1) is 0 Å². The smallest absolute Gasteiger partial charge is 0.150 e. The van der Waals surface area contributed by atoms with Crippen LogP contribution in [0.2, 0.25) is 0 Å². The van der Waals surface area contributed by atoms with Crippen molar-refractivity contribution in [1.29, 1.82) is 0 Å². The number of hydrogen-bond donors (Lipinski definition) is 2. The number of nitrogen functional groups attached to an aromatic ring is 1. The molecule has 0 fully saturated rings. The van der Waals surface area contributed by atoms with Crippen LogP contribution in [0.25, 0.3) is 10.9 Å². The van der Waals surface area contributed by atoms with Gasteiger partial charge in [-0.25, -0.2) is 4.39 Å². The lowest BCUT2D eigenvalue weighted by molar-refractivity contribution is 0.629. The van der Waals surface area contributed by atoms with Crippen molar-refractivity contribution in [3.8, 4) is 0 Å². The molecule has 0 saturated heterocycles. The summed E-state index contributed by atoms with van der Waals surface area (Å²) in [7, 11) is 0. The van der Waals surface area contributed by atoms with Gasteiger partial charge in [0.2, 0.25) is 0 Å². The Morgan fingerprint density at radius 1 is 1.40 bits per heavy atom. The Morgan fingerprint density at radius 3 is 3.00 bits per heavy atom. The highest BCUT2D eigenvalue weighted by molar-refractivity contribution is 7.08. The lowest BCUT2D eigenvalue weighted by Gasteiger charge is -2.17. The molecule has 0 aliphatic carbocycles. The fourth-order valence-corrected chi connectivity index (χ4v) is 2.95. The first-order valence-corrected chi connectivity index (χ1v) is 7.22. The van der Waals surface area contributed by atoms with Crippen molar-refractivity contribution in [3.63, 3.8) is 0 Å². The minimum absolute atomic E-state index is 0.00424. The number of nitrogens with zero attached hydrogens (tertiary/aromatic N) is 1. The molecule has 3 aromatic rings. The van der Waals surface area contributed by atoms with Crippen LogP contribution in [-0.4, -0.2) is 4.98 Å². The van der Waals surface area contributed by atoms with Crippen molar-refractivity contribution in [2.24, 2.45) is 0 Å². The van der Waals surface area contributed by atoms with Gasteiger partial charge in [-0.3, -0.25) is 4.98 Å². The highest BCUT2D eigenvalue weighted by atomic mass is 32.1. The van der Waals surface area contributed by atoms with Crippen LogP contribution in [0.5, 0.6) is 0 Å². The molecule has 1 aromatic carbocycles. The predicted molar refractivity (Wildman–Crippen MR) is 82.5 cm³/mol. The number of anilines is 2. The number of aromatic nitrogens is 1. The number of fused-ring (bicyclic) bond motifs is 1. The predicted octanol–water partition coefficient (Wildman–Crippen LogP) is 4.19. The molecule has 0 bridgehead atoms. The second-order valence-corrected chi connectivity index (χ2v) is 5.42. The molecule has 0 aliphatic heterocycles. The highest BCUT2D eigenvalue weighted by Gasteiger charge is 2.15. The second kappa shape index (κ2) is 5.09. The van der Waals surface area contributed by atoms with E-state index in [0.29, 0.717) is 16.9 Å². The van der Waals surface area contributed by atoms with Crippen LogP contribution in [-0.2, 0) is 0 Å². The minimum Gasteiger partial charge on any atom is -0.398 e. The second-order valence-electron chi connectivity index (χ2n) is 4.64. The lowest BCUT2D eigenvalue weighted by atomic mass is 10.1. The van der Waals surface area contributed by atoms with Crippen molar-refractivity contribution in [1.82, 2.24) is 4.98 Å². The maximum Gasteiger partial charge on any atom is 0.150 e. The highest BCUT2D eigenvalue weighted by Crippen LogP contribution is 2.32. The van der Waals surface area contributed by atoms with E-state index >= 15 is 0 Å². The van der Waals surface area contributed by atoms with E-state index in [1.54, 1.807) is 23.6 Å². The Morgan fingerprint density at radius 2 is 2.25 bits per heavy atom. The fourth-order valence-electron chi connectivity index (χ4n) is 2.20. The quantitative estimate of drug-likeness (QED) is 0.710. The minimum atomic E-state index is -0.379. The van der Waals surface area contributed by atoms with E-state index in [9.17, 15) is 4.39 Å². The molecule has 0 spiro atoms. The molecule has 3 rings (SSSR count). The summed E-state index contributed by atoms with van der Waals surface area (Å²) in [6.45, 7) is 1.99. The van der Waals surface area contributed by atoms with Crippen LogP contribution < -0.4 is 11.1 Å². The molecular weight excluding hydrogens is 273 g/mol. The molecule has 102 valence electrons. The Labute approximate surface area is 120 Å². The molecule has 2 heterocycles. The molecule has 20 heavy (non-hydrogen) atoms. The first-order chi connectivity index (χ1) is 9.66. The third-order valence-corrected chi connectivity index (χ3v) is 3.98. The number of halogens is 1. The van der Waals surface area contributed by atoms with Gasteiger partial charge in [0.15, 0.2) is 5.82 Å². The molecule has 0 saturated carbocycles. The largest absolute Gasteiger partial charge is 0.398 e. The van der Waals surface area contributed by atoms with E-state index < -0.39 is 0 Å². The summed E-state index contributed by atoms with van der Waals surface area (Å²) in [6, 6.07) is 7.00. The molecule has 0 amide bonds. The molecule has 1 atom stereocenters. The zero-order valence-electron chi connectivity index (χ0n) is 10.9. The van der Waals surface area contributed by atoms with Crippen LogP contribution in [0.4, 0.5) is 15.8 Å². The van der Waals surface area contributed by atoms with E-state index in [2.05, 4.69) is 10.3 Å². The average molecular weight is 287 g/mol. The SMILES string of the molecule is CC(Nc1c(F)cc(N)c2cccnc12)c1ccsc1. The molecule has 5 heteroatoms. The van der Waals surface area contributed by atoms with Crippen LogP contribution in [0.3, 0.4) is 0 Å². The molecule has 1 unspecified atom stereocenters. The maximum absolute atomic E-state index is 14.2.